The van der Waals surface area contributed by atoms with Gasteiger partial charge in [-0.2, -0.15) is 0 Å². The number of ketones is 1. The third kappa shape index (κ3) is 11.2. The molecular formula is C31H46N6O8. The Balaban J connectivity index is 1.96. The summed E-state index contributed by atoms with van der Waals surface area (Å²) >= 11 is 0. The molecule has 0 bridgehead atoms. The lowest BCUT2D eigenvalue weighted by Gasteiger charge is -2.26. The van der Waals surface area contributed by atoms with E-state index in [-0.39, 0.29) is 30.9 Å². The van der Waals surface area contributed by atoms with Crippen LogP contribution >= 0.6 is 0 Å². The molecule has 0 saturated carbocycles. The minimum atomic E-state index is -1.18. The van der Waals surface area contributed by atoms with Crippen molar-refractivity contribution in [2.45, 2.75) is 77.6 Å². The fourth-order valence-electron chi connectivity index (χ4n) is 4.57. The smallest absolute Gasteiger partial charge is 0.407 e. The van der Waals surface area contributed by atoms with E-state index in [1.807, 2.05) is 13.8 Å². The molecular weight excluding hydrogens is 584 g/mol. The molecule has 1 aromatic rings. The number of likely N-dealkylation sites (N-methyl/N-ethyl adjacent to an activating group) is 1. The molecule has 14 heteroatoms. The number of rotatable bonds is 15. The normalized spacial score (nSPS) is 16.2. The Morgan fingerprint density at radius 1 is 0.956 bits per heavy atom. The molecule has 0 radical (unpaired) electrons. The predicted molar refractivity (Wildman–Crippen MR) is 164 cm³/mol. The van der Waals surface area contributed by atoms with Crippen LogP contribution in [0.1, 0.15) is 65.0 Å². The van der Waals surface area contributed by atoms with Crippen LogP contribution in [0.3, 0.4) is 0 Å². The number of alkyl carbamates (subject to hydrolysis) is 1. The van der Waals surface area contributed by atoms with E-state index in [1.165, 1.54) is 9.80 Å². The second-order valence-corrected chi connectivity index (χ2v) is 11.5. The first-order valence-electron chi connectivity index (χ1n) is 15.2. The summed E-state index contributed by atoms with van der Waals surface area (Å²) in [6.07, 6.45) is 0.423. The lowest BCUT2D eigenvalue weighted by atomic mass is 10.0. The predicted octanol–water partition coefficient (Wildman–Crippen LogP) is 0.664. The second-order valence-electron chi connectivity index (χ2n) is 11.5. The van der Waals surface area contributed by atoms with Gasteiger partial charge in [0.05, 0.1) is 12.6 Å². The van der Waals surface area contributed by atoms with Gasteiger partial charge in [-0.3, -0.25) is 28.8 Å². The molecule has 1 aliphatic heterocycles. The first-order chi connectivity index (χ1) is 21.3. The molecule has 248 valence electrons. The summed E-state index contributed by atoms with van der Waals surface area (Å²) in [7, 11) is 3.10. The molecule has 2 rings (SSSR count). The van der Waals surface area contributed by atoms with Gasteiger partial charge in [0.15, 0.2) is 0 Å². The van der Waals surface area contributed by atoms with Gasteiger partial charge in [-0.25, -0.2) is 4.79 Å². The molecule has 45 heavy (non-hydrogen) atoms. The summed E-state index contributed by atoms with van der Waals surface area (Å²) in [6.45, 7) is 6.67. The van der Waals surface area contributed by atoms with E-state index in [0.717, 1.165) is 0 Å². The van der Waals surface area contributed by atoms with Crippen LogP contribution in [0.4, 0.5) is 4.79 Å². The molecule has 6 amide bonds. The molecule has 14 nitrogen and oxygen atoms in total. The average molecular weight is 631 g/mol. The minimum Gasteiger partial charge on any atom is -0.446 e. The maximum Gasteiger partial charge on any atom is 0.407 e. The number of hydrogen-bond acceptors (Lipinski definition) is 8. The Hall–Kier alpha value is -4.49. The zero-order valence-corrected chi connectivity index (χ0v) is 26.9. The molecule has 0 aromatic heterocycles. The van der Waals surface area contributed by atoms with E-state index in [2.05, 4.69) is 21.3 Å². The summed E-state index contributed by atoms with van der Waals surface area (Å²) in [5, 5.41) is 9.85. The SMILES string of the molecule is CCCC(NC(=O)[C@@H]1CCCN1C(=O)CNC(=O)OC(C)C(C)C)C(=O)C(=O)NCC(=O)NC(C(=O)N(C)C)c1ccccc1. The van der Waals surface area contributed by atoms with E-state index < -0.39 is 60.2 Å². The lowest BCUT2D eigenvalue weighted by molar-refractivity contribution is -0.142. The highest BCUT2D eigenvalue weighted by molar-refractivity contribution is 6.38. The number of amides is 6. The Morgan fingerprint density at radius 2 is 1.62 bits per heavy atom. The first kappa shape index (κ1) is 36.7. The van der Waals surface area contributed by atoms with Crippen LogP contribution in [0.25, 0.3) is 0 Å². The monoisotopic (exact) mass is 630 g/mol. The Labute approximate surface area is 264 Å². The van der Waals surface area contributed by atoms with E-state index >= 15 is 0 Å². The van der Waals surface area contributed by atoms with Crippen LogP contribution in [0.5, 0.6) is 0 Å². The summed E-state index contributed by atoms with van der Waals surface area (Å²) in [4.78, 5) is 91.7. The van der Waals surface area contributed by atoms with Crippen LogP contribution in [0, 0.1) is 5.92 Å². The van der Waals surface area contributed by atoms with Gasteiger partial charge in [0.1, 0.15) is 24.7 Å². The van der Waals surface area contributed by atoms with Gasteiger partial charge in [-0.05, 0) is 37.7 Å². The van der Waals surface area contributed by atoms with Gasteiger partial charge in [0, 0.05) is 20.6 Å². The summed E-state index contributed by atoms with van der Waals surface area (Å²) in [6, 6.07) is 5.54. The Kier molecular flexibility index (Phi) is 14.4. The third-order valence-corrected chi connectivity index (χ3v) is 7.46. The van der Waals surface area contributed by atoms with Crippen LogP contribution < -0.4 is 21.3 Å². The van der Waals surface area contributed by atoms with Crippen LogP contribution in [-0.2, 0) is 33.5 Å². The summed E-state index contributed by atoms with van der Waals surface area (Å²) < 4.78 is 5.20. The fraction of sp³-hybridized carbons (Fsp3) is 0.581. The average Bonchev–Trinajstić information content (AvgIpc) is 3.51. The number of hydrogen-bond donors (Lipinski definition) is 4. The Morgan fingerprint density at radius 3 is 2.22 bits per heavy atom. The van der Waals surface area contributed by atoms with Crippen molar-refractivity contribution in [3.8, 4) is 0 Å². The quantitative estimate of drug-likeness (QED) is 0.204. The van der Waals surface area contributed by atoms with E-state index in [1.54, 1.807) is 58.3 Å². The number of nitrogens with one attached hydrogen (secondary N) is 4. The minimum absolute atomic E-state index is 0.0990. The zero-order chi connectivity index (χ0) is 33.7. The largest absolute Gasteiger partial charge is 0.446 e. The van der Waals surface area contributed by atoms with E-state index in [4.69, 9.17) is 4.74 Å². The van der Waals surface area contributed by atoms with Gasteiger partial charge >= 0.3 is 6.09 Å². The highest BCUT2D eigenvalue weighted by Gasteiger charge is 2.37. The van der Waals surface area contributed by atoms with Gasteiger partial charge in [-0.15, -0.1) is 0 Å². The fourth-order valence-corrected chi connectivity index (χ4v) is 4.57. The molecule has 4 N–H and O–H groups in total. The molecule has 1 heterocycles. The number of likely N-dealkylation sites (tertiary alicyclic amines) is 1. The van der Waals surface area contributed by atoms with Crippen molar-refractivity contribution in [3.05, 3.63) is 35.9 Å². The standard InChI is InChI=1S/C31H46N6O8/c1-7-12-22(34-28(41)23-15-11-16-37(23)25(39)18-33-31(44)45-20(4)19(2)3)27(40)29(42)32-17-24(38)35-26(30(43)36(5)6)21-13-9-8-10-14-21/h8-10,13-14,19-20,22-23,26H,7,11-12,15-18H2,1-6H3,(H,32,42)(H,33,44)(H,34,41)(H,35,38)/t20?,22?,23-,26?/m0/s1. The number of nitrogens with zero attached hydrogens (tertiary/aromatic N) is 2. The topological polar surface area (TPSA) is 183 Å². The second kappa shape index (κ2) is 17.7. The molecule has 3 unspecified atom stereocenters. The summed E-state index contributed by atoms with van der Waals surface area (Å²) in [5.74, 6) is -4.06. The van der Waals surface area contributed by atoms with Crippen molar-refractivity contribution in [1.82, 2.24) is 31.1 Å². The molecule has 0 spiro atoms. The number of ether oxygens (including phenoxy) is 1. The first-order valence-corrected chi connectivity index (χ1v) is 15.2. The maximum absolute atomic E-state index is 13.2. The molecule has 1 saturated heterocycles. The van der Waals surface area contributed by atoms with Crippen molar-refractivity contribution in [1.29, 1.82) is 0 Å². The molecule has 1 aromatic carbocycles. The number of benzene rings is 1. The third-order valence-electron chi connectivity index (χ3n) is 7.46. The molecule has 0 aliphatic carbocycles. The van der Waals surface area contributed by atoms with Crippen molar-refractivity contribution < 1.29 is 38.3 Å². The van der Waals surface area contributed by atoms with Gasteiger partial charge in [0.2, 0.25) is 29.4 Å². The van der Waals surface area contributed by atoms with Crippen molar-refractivity contribution in [3.63, 3.8) is 0 Å². The molecule has 1 fully saturated rings. The highest BCUT2D eigenvalue weighted by Crippen LogP contribution is 2.18. The van der Waals surface area contributed by atoms with Gasteiger partial charge in [-0.1, -0.05) is 57.5 Å². The van der Waals surface area contributed by atoms with Crippen molar-refractivity contribution >= 4 is 41.4 Å². The van der Waals surface area contributed by atoms with Crippen LogP contribution in [-0.4, -0.2) is 103 Å². The van der Waals surface area contributed by atoms with E-state index in [0.29, 0.717) is 31.4 Å². The molecule has 1 aliphatic rings. The number of Topliss-reactive ketones (excluding diaryl/α,β-unsaturated/α-hetero) is 1. The van der Waals surface area contributed by atoms with Crippen LogP contribution in [0.2, 0.25) is 0 Å². The van der Waals surface area contributed by atoms with Crippen molar-refractivity contribution in [2.24, 2.45) is 5.92 Å². The lowest BCUT2D eigenvalue weighted by Crippen LogP contribution is -2.54. The zero-order valence-electron chi connectivity index (χ0n) is 26.9. The Bertz CT molecular complexity index is 1220. The van der Waals surface area contributed by atoms with Gasteiger partial charge < -0.3 is 35.8 Å². The maximum atomic E-state index is 13.2. The summed E-state index contributed by atoms with van der Waals surface area (Å²) in [5.41, 5.74) is 0.550. The highest BCUT2D eigenvalue weighted by atomic mass is 16.6. The number of carbonyl (C=O) groups excluding carboxylic acids is 7. The molecule has 4 atom stereocenters. The van der Waals surface area contributed by atoms with E-state index in [9.17, 15) is 33.6 Å². The van der Waals surface area contributed by atoms with Crippen molar-refractivity contribution in [2.75, 3.05) is 33.7 Å². The van der Waals surface area contributed by atoms with Gasteiger partial charge in [0.25, 0.3) is 5.91 Å². The number of carbonyl (C=O) groups is 7. The van der Waals surface area contributed by atoms with Crippen LogP contribution in [0.15, 0.2) is 30.3 Å².